The maximum atomic E-state index is 12.0. The lowest BCUT2D eigenvalue weighted by atomic mass is 10.1. The van der Waals surface area contributed by atoms with Crippen LogP contribution in [-0.4, -0.2) is 23.1 Å². The molecule has 0 aliphatic heterocycles. The van der Waals surface area contributed by atoms with Gasteiger partial charge in [0, 0.05) is 12.1 Å². The molecule has 1 aromatic carbocycles. The van der Waals surface area contributed by atoms with Gasteiger partial charge in [-0.3, -0.25) is 4.79 Å². The predicted molar refractivity (Wildman–Crippen MR) is 68.4 cm³/mol. The van der Waals surface area contributed by atoms with E-state index in [1.807, 2.05) is 0 Å². The highest BCUT2D eigenvalue weighted by Gasteiger charge is 2.16. The number of rotatable bonds is 4. The zero-order chi connectivity index (χ0) is 13.8. The number of allylic oxidation sites excluding steroid dienone is 1. The van der Waals surface area contributed by atoms with Gasteiger partial charge in [-0.15, -0.1) is 0 Å². The molecule has 2 N–H and O–H groups in total. The van der Waals surface area contributed by atoms with Gasteiger partial charge in [0.05, 0.1) is 13.4 Å². The molecule has 0 radical (unpaired) electrons. The molecule has 0 unspecified atom stereocenters. The van der Waals surface area contributed by atoms with E-state index in [-0.39, 0.29) is 22.8 Å². The summed E-state index contributed by atoms with van der Waals surface area (Å²) in [6.07, 6.45) is 4.23. The Kier molecular flexibility index (Phi) is 3.56. The second-order valence-electron chi connectivity index (χ2n) is 3.76. The zero-order valence-corrected chi connectivity index (χ0v) is 10.2. The van der Waals surface area contributed by atoms with Crippen LogP contribution in [0.15, 0.2) is 41.0 Å². The van der Waals surface area contributed by atoms with E-state index in [9.17, 15) is 15.0 Å². The molecule has 5 nitrogen and oxygen atoms in total. The summed E-state index contributed by atoms with van der Waals surface area (Å²) >= 11 is 0. The largest absolute Gasteiger partial charge is 0.508 e. The highest BCUT2D eigenvalue weighted by molar-refractivity contribution is 6.10. The molecular weight excluding hydrogens is 248 g/mol. The molecule has 2 rings (SSSR count). The third-order valence-corrected chi connectivity index (χ3v) is 2.47. The molecule has 2 aromatic rings. The number of methoxy groups -OCH3 is 1. The second kappa shape index (κ2) is 5.30. The van der Waals surface area contributed by atoms with Gasteiger partial charge in [0.2, 0.25) is 0 Å². The fourth-order valence-corrected chi connectivity index (χ4v) is 1.62. The van der Waals surface area contributed by atoms with Gasteiger partial charge in [-0.25, -0.2) is 0 Å². The van der Waals surface area contributed by atoms with Gasteiger partial charge >= 0.3 is 0 Å². The van der Waals surface area contributed by atoms with Crippen molar-refractivity contribution in [2.45, 2.75) is 0 Å². The predicted octanol–water partition coefficient (Wildman–Crippen LogP) is 2.60. The molecule has 0 amide bonds. The summed E-state index contributed by atoms with van der Waals surface area (Å²) in [6.45, 7) is 0. The van der Waals surface area contributed by atoms with Crippen molar-refractivity contribution >= 4 is 11.9 Å². The van der Waals surface area contributed by atoms with Crippen molar-refractivity contribution in [1.82, 2.24) is 0 Å². The number of phenolic OH excluding ortho intramolecular Hbond substituents is 2. The summed E-state index contributed by atoms with van der Waals surface area (Å²) < 4.78 is 10.0. The first-order valence-corrected chi connectivity index (χ1v) is 5.47. The number of carbonyl (C=O) groups excluding carboxylic acids is 1. The first-order valence-electron chi connectivity index (χ1n) is 5.47. The zero-order valence-electron chi connectivity index (χ0n) is 10.2. The smallest absolute Gasteiger partial charge is 0.193 e. The molecule has 0 spiro atoms. The molecule has 0 saturated carbocycles. The topological polar surface area (TPSA) is 79.9 Å². The number of phenols is 2. The van der Waals surface area contributed by atoms with E-state index in [1.54, 1.807) is 12.1 Å². The van der Waals surface area contributed by atoms with Gasteiger partial charge in [-0.2, -0.15) is 0 Å². The molecule has 0 atom stereocenters. The Hall–Kier alpha value is -2.69. The van der Waals surface area contributed by atoms with Crippen LogP contribution >= 0.6 is 0 Å². The lowest BCUT2D eigenvalue weighted by Gasteiger charge is -2.08. The Morgan fingerprint density at radius 2 is 2.16 bits per heavy atom. The van der Waals surface area contributed by atoms with Crippen molar-refractivity contribution in [3.63, 3.8) is 0 Å². The number of aromatic hydroxyl groups is 2. The van der Waals surface area contributed by atoms with Crippen LogP contribution in [0.4, 0.5) is 0 Å². The van der Waals surface area contributed by atoms with Crippen molar-refractivity contribution in [2.24, 2.45) is 0 Å². The second-order valence-corrected chi connectivity index (χ2v) is 3.76. The Morgan fingerprint density at radius 3 is 2.79 bits per heavy atom. The fourth-order valence-electron chi connectivity index (χ4n) is 1.62. The summed E-state index contributed by atoms with van der Waals surface area (Å²) in [4.78, 5) is 12.0. The Bertz CT molecular complexity index is 611. The summed E-state index contributed by atoms with van der Waals surface area (Å²) in [5.41, 5.74) is -0.0110. The normalized spacial score (nSPS) is 10.8. The minimum Gasteiger partial charge on any atom is -0.508 e. The van der Waals surface area contributed by atoms with Gasteiger partial charge in [-0.05, 0) is 24.3 Å². The first-order chi connectivity index (χ1) is 9.11. The van der Waals surface area contributed by atoms with Crippen LogP contribution in [0.3, 0.4) is 0 Å². The molecule has 0 bridgehead atoms. The van der Waals surface area contributed by atoms with E-state index < -0.39 is 5.78 Å². The minimum atomic E-state index is -0.453. The molecule has 1 aromatic heterocycles. The van der Waals surface area contributed by atoms with Crippen LogP contribution in [0, 0.1) is 0 Å². The molecule has 5 heteroatoms. The number of benzene rings is 1. The quantitative estimate of drug-likeness (QED) is 0.652. The monoisotopic (exact) mass is 260 g/mol. The molecule has 0 saturated heterocycles. The Balaban J connectivity index is 2.33. The van der Waals surface area contributed by atoms with Gasteiger partial charge in [-0.1, -0.05) is 0 Å². The number of ketones is 1. The lowest BCUT2D eigenvalue weighted by molar-refractivity contribution is 0.104. The molecular formula is C14H12O5. The van der Waals surface area contributed by atoms with Gasteiger partial charge < -0.3 is 19.4 Å². The summed E-state index contributed by atoms with van der Waals surface area (Å²) in [6, 6.07) is 5.73. The number of carbonyl (C=O) groups is 1. The average Bonchev–Trinajstić information content (AvgIpc) is 2.88. The standard InChI is InChI=1S/C14H12O5/c1-18-13-8-9(15)7-12(17)14(13)11(16)5-4-10-3-2-6-19-10/h2-8,15,17H,1H3. The van der Waals surface area contributed by atoms with Crippen molar-refractivity contribution in [3.05, 3.63) is 47.9 Å². The van der Waals surface area contributed by atoms with E-state index in [0.29, 0.717) is 5.76 Å². The summed E-state index contributed by atoms with van der Waals surface area (Å²) in [7, 11) is 1.35. The van der Waals surface area contributed by atoms with E-state index >= 15 is 0 Å². The van der Waals surface area contributed by atoms with E-state index in [4.69, 9.17) is 9.15 Å². The number of furan rings is 1. The van der Waals surface area contributed by atoms with Crippen molar-refractivity contribution in [3.8, 4) is 17.2 Å². The van der Waals surface area contributed by atoms with Crippen LogP contribution in [0.2, 0.25) is 0 Å². The SMILES string of the molecule is COc1cc(O)cc(O)c1C(=O)C=Cc1ccco1. The van der Waals surface area contributed by atoms with Crippen LogP contribution in [-0.2, 0) is 0 Å². The Labute approximate surface area is 109 Å². The highest BCUT2D eigenvalue weighted by atomic mass is 16.5. The van der Waals surface area contributed by atoms with Crippen LogP contribution in [0.5, 0.6) is 17.2 Å². The van der Waals surface area contributed by atoms with Crippen LogP contribution in [0.25, 0.3) is 6.08 Å². The third-order valence-electron chi connectivity index (χ3n) is 2.47. The van der Waals surface area contributed by atoms with E-state index in [0.717, 1.165) is 6.07 Å². The average molecular weight is 260 g/mol. The van der Waals surface area contributed by atoms with Gasteiger partial charge in [0.15, 0.2) is 5.78 Å². The van der Waals surface area contributed by atoms with Gasteiger partial charge in [0.1, 0.15) is 28.6 Å². The summed E-state index contributed by atoms with van der Waals surface area (Å²) in [5, 5.41) is 19.0. The molecule has 98 valence electrons. The maximum absolute atomic E-state index is 12.0. The highest BCUT2D eigenvalue weighted by Crippen LogP contribution is 2.33. The number of ether oxygens (including phenoxy) is 1. The van der Waals surface area contributed by atoms with Crippen molar-refractivity contribution < 1.29 is 24.2 Å². The van der Waals surface area contributed by atoms with Gasteiger partial charge in [0.25, 0.3) is 0 Å². The molecule has 0 aliphatic rings. The number of hydrogen-bond acceptors (Lipinski definition) is 5. The van der Waals surface area contributed by atoms with Crippen molar-refractivity contribution in [2.75, 3.05) is 7.11 Å². The molecule has 0 fully saturated rings. The first kappa shape index (κ1) is 12.8. The van der Waals surface area contributed by atoms with Crippen LogP contribution < -0.4 is 4.74 Å². The van der Waals surface area contributed by atoms with Crippen molar-refractivity contribution in [1.29, 1.82) is 0 Å². The fraction of sp³-hybridized carbons (Fsp3) is 0.0714. The lowest BCUT2D eigenvalue weighted by Crippen LogP contribution is -1.99. The van der Waals surface area contributed by atoms with E-state index in [1.165, 1.54) is 31.6 Å². The molecule has 19 heavy (non-hydrogen) atoms. The maximum Gasteiger partial charge on any atom is 0.193 e. The third kappa shape index (κ3) is 2.77. The van der Waals surface area contributed by atoms with Crippen LogP contribution in [0.1, 0.15) is 16.1 Å². The molecule has 1 heterocycles. The molecule has 0 aliphatic carbocycles. The van der Waals surface area contributed by atoms with E-state index in [2.05, 4.69) is 0 Å². The number of hydrogen-bond donors (Lipinski definition) is 2. The summed E-state index contributed by atoms with van der Waals surface area (Å²) in [5.74, 6) is -0.352. The Morgan fingerprint density at radius 1 is 1.37 bits per heavy atom. The minimum absolute atomic E-state index is 0.0110.